The minimum Gasteiger partial charge on any atom is -0.373 e. The number of aromatic nitrogens is 3. The maximum atomic E-state index is 12.9. The fraction of sp³-hybridized carbons (Fsp3) is 0.500. The van der Waals surface area contributed by atoms with Crippen molar-refractivity contribution < 1.29 is 17.9 Å². The average Bonchev–Trinajstić information content (AvgIpc) is 2.99. The second-order valence-corrected chi connectivity index (χ2v) is 9.44. The van der Waals surface area contributed by atoms with Crippen LogP contribution < -0.4 is 5.32 Å². The number of hydrogen-bond acceptors (Lipinski definition) is 6. The van der Waals surface area contributed by atoms with E-state index in [1.54, 1.807) is 11.6 Å². The van der Waals surface area contributed by atoms with Gasteiger partial charge < -0.3 is 14.6 Å². The van der Waals surface area contributed by atoms with E-state index in [9.17, 15) is 13.2 Å². The molecule has 0 saturated carbocycles. The van der Waals surface area contributed by atoms with Crippen LogP contribution in [0.2, 0.25) is 0 Å². The Bertz CT molecular complexity index is 1020. The number of benzene rings is 1. The molecule has 0 aliphatic carbocycles. The third kappa shape index (κ3) is 4.92. The number of nitrogens with one attached hydrogen (secondary N) is 2. The average molecular weight is 440 g/mol. The molecule has 9 nitrogen and oxygen atoms in total. The van der Waals surface area contributed by atoms with Crippen LogP contribution in [0.4, 0.5) is 0 Å². The number of carbonyl (C=O) groups excluding carboxylic acids is 1. The highest BCUT2D eigenvalue weighted by Crippen LogP contribution is 2.21. The Labute approximate surface area is 175 Å². The van der Waals surface area contributed by atoms with E-state index >= 15 is 0 Å². The number of ether oxygens (including phenoxy) is 1. The van der Waals surface area contributed by atoms with Crippen molar-refractivity contribution in [3.05, 3.63) is 40.4 Å². The molecule has 2 unspecified atom stereocenters. The SMILES string of the molecule is CC1CN(S(=O)(=O)c2ccc(C(=O)NCCc3n[nH]c(=S)n3C)cc2)CC(C)O1. The molecule has 2 N–H and O–H groups in total. The van der Waals surface area contributed by atoms with Gasteiger partial charge in [0.1, 0.15) is 5.82 Å². The zero-order valence-corrected chi connectivity index (χ0v) is 18.2. The summed E-state index contributed by atoms with van der Waals surface area (Å²) in [4.78, 5) is 12.5. The van der Waals surface area contributed by atoms with Gasteiger partial charge in [0.05, 0.1) is 17.1 Å². The van der Waals surface area contributed by atoms with E-state index in [0.29, 0.717) is 36.4 Å². The first-order chi connectivity index (χ1) is 13.7. The number of H-pyrrole nitrogens is 1. The van der Waals surface area contributed by atoms with Crippen LogP contribution in [0, 0.1) is 4.77 Å². The van der Waals surface area contributed by atoms with E-state index in [0.717, 1.165) is 5.82 Å². The van der Waals surface area contributed by atoms with E-state index in [-0.39, 0.29) is 23.0 Å². The first-order valence-electron chi connectivity index (χ1n) is 9.32. The Morgan fingerprint density at radius 2 is 1.90 bits per heavy atom. The predicted octanol–water partition coefficient (Wildman–Crippen LogP) is 1.25. The van der Waals surface area contributed by atoms with Crippen molar-refractivity contribution in [1.82, 2.24) is 24.4 Å². The van der Waals surface area contributed by atoms with Gasteiger partial charge in [-0.2, -0.15) is 9.40 Å². The molecule has 1 aliphatic heterocycles. The molecule has 0 radical (unpaired) electrons. The second kappa shape index (κ2) is 8.74. The van der Waals surface area contributed by atoms with Crippen LogP contribution in [0.15, 0.2) is 29.2 Å². The van der Waals surface area contributed by atoms with Crippen molar-refractivity contribution in [2.75, 3.05) is 19.6 Å². The smallest absolute Gasteiger partial charge is 0.251 e. The van der Waals surface area contributed by atoms with Gasteiger partial charge in [0.2, 0.25) is 10.0 Å². The summed E-state index contributed by atoms with van der Waals surface area (Å²) in [7, 11) is -1.82. The number of amides is 1. The lowest BCUT2D eigenvalue weighted by atomic mass is 10.2. The largest absolute Gasteiger partial charge is 0.373 e. The number of aromatic amines is 1. The molecule has 3 rings (SSSR count). The Morgan fingerprint density at radius 1 is 1.28 bits per heavy atom. The number of sulfonamides is 1. The molecule has 1 fully saturated rings. The molecule has 1 saturated heterocycles. The van der Waals surface area contributed by atoms with Gasteiger partial charge in [-0.15, -0.1) is 0 Å². The van der Waals surface area contributed by atoms with Crippen LogP contribution in [0.5, 0.6) is 0 Å². The highest BCUT2D eigenvalue weighted by molar-refractivity contribution is 7.89. The number of rotatable bonds is 6. The van der Waals surface area contributed by atoms with Gasteiger partial charge in [-0.25, -0.2) is 8.42 Å². The molecule has 1 aliphatic rings. The summed E-state index contributed by atoms with van der Waals surface area (Å²) >= 11 is 5.05. The van der Waals surface area contributed by atoms with E-state index in [1.807, 2.05) is 13.8 Å². The number of morpholine rings is 1. The number of hydrogen-bond donors (Lipinski definition) is 2. The summed E-state index contributed by atoms with van der Waals surface area (Å²) < 4.78 is 35.0. The number of nitrogens with zero attached hydrogens (tertiary/aromatic N) is 3. The topological polar surface area (TPSA) is 109 Å². The monoisotopic (exact) mass is 439 g/mol. The first-order valence-corrected chi connectivity index (χ1v) is 11.2. The maximum Gasteiger partial charge on any atom is 0.251 e. The van der Waals surface area contributed by atoms with Gasteiger partial charge in [0.15, 0.2) is 4.77 Å². The molecule has 0 spiro atoms. The third-order valence-corrected chi connectivity index (χ3v) is 6.96. The molecule has 2 heterocycles. The van der Waals surface area contributed by atoms with Crippen molar-refractivity contribution in [3.8, 4) is 0 Å². The van der Waals surface area contributed by atoms with Crippen LogP contribution in [0.1, 0.15) is 30.0 Å². The molecule has 2 atom stereocenters. The van der Waals surface area contributed by atoms with Crippen LogP contribution in [-0.2, 0) is 28.2 Å². The van der Waals surface area contributed by atoms with Crippen molar-refractivity contribution in [1.29, 1.82) is 0 Å². The zero-order chi connectivity index (χ0) is 21.2. The highest BCUT2D eigenvalue weighted by atomic mass is 32.2. The molecule has 1 amide bonds. The molecule has 29 heavy (non-hydrogen) atoms. The summed E-state index contributed by atoms with van der Waals surface area (Å²) in [6.07, 6.45) is 0.202. The quantitative estimate of drug-likeness (QED) is 0.656. The van der Waals surface area contributed by atoms with Crippen LogP contribution >= 0.6 is 12.2 Å². The van der Waals surface area contributed by atoms with Crippen molar-refractivity contribution in [2.24, 2.45) is 7.05 Å². The molecule has 2 aromatic rings. The number of carbonyl (C=O) groups is 1. The third-order valence-electron chi connectivity index (χ3n) is 4.75. The highest BCUT2D eigenvalue weighted by Gasteiger charge is 2.32. The first kappa shape index (κ1) is 21.6. The molecule has 11 heteroatoms. The van der Waals surface area contributed by atoms with Crippen molar-refractivity contribution in [2.45, 2.75) is 37.4 Å². The summed E-state index contributed by atoms with van der Waals surface area (Å²) in [5.41, 5.74) is 0.392. The van der Waals surface area contributed by atoms with E-state index in [1.165, 1.54) is 28.6 Å². The van der Waals surface area contributed by atoms with Crippen molar-refractivity contribution >= 4 is 28.1 Å². The molecular formula is C18H25N5O4S2. The van der Waals surface area contributed by atoms with Gasteiger partial charge in [-0.1, -0.05) is 0 Å². The normalized spacial score (nSPS) is 20.5. The van der Waals surface area contributed by atoms with Crippen LogP contribution in [-0.4, -0.2) is 65.2 Å². The minimum absolute atomic E-state index is 0.161. The molecular weight excluding hydrogens is 414 g/mol. The Hall–Kier alpha value is -2.08. The van der Waals surface area contributed by atoms with Gasteiger partial charge >= 0.3 is 0 Å². The van der Waals surface area contributed by atoms with Gasteiger partial charge in [-0.05, 0) is 50.3 Å². The molecule has 158 valence electrons. The van der Waals surface area contributed by atoms with Crippen molar-refractivity contribution in [3.63, 3.8) is 0 Å². The summed E-state index contributed by atoms with van der Waals surface area (Å²) in [6, 6.07) is 5.97. The van der Waals surface area contributed by atoms with Gasteiger partial charge in [0.25, 0.3) is 5.91 Å². The molecule has 1 aromatic heterocycles. The fourth-order valence-electron chi connectivity index (χ4n) is 3.25. The van der Waals surface area contributed by atoms with E-state index in [4.69, 9.17) is 17.0 Å². The fourth-order valence-corrected chi connectivity index (χ4v) is 4.99. The lowest BCUT2D eigenvalue weighted by Gasteiger charge is -2.34. The van der Waals surface area contributed by atoms with E-state index in [2.05, 4.69) is 15.5 Å². The maximum absolute atomic E-state index is 12.9. The Morgan fingerprint density at radius 3 is 2.45 bits per heavy atom. The lowest BCUT2D eigenvalue weighted by Crippen LogP contribution is -2.48. The second-order valence-electron chi connectivity index (χ2n) is 7.11. The van der Waals surface area contributed by atoms with Gasteiger partial charge in [-0.3, -0.25) is 9.89 Å². The standard InChI is InChI=1S/C18H25N5O4S2/c1-12-10-23(11-13(2)27-12)29(25,26)15-6-4-14(5-7-15)17(24)19-9-8-16-20-21-18(28)22(16)3/h4-7,12-13H,8-11H2,1-3H3,(H,19,24)(H,21,28). The van der Waals surface area contributed by atoms with Crippen LogP contribution in [0.3, 0.4) is 0 Å². The summed E-state index contributed by atoms with van der Waals surface area (Å²) in [5.74, 6) is 0.463. The Balaban J connectivity index is 1.62. The Kier molecular flexibility index (Phi) is 6.52. The lowest BCUT2D eigenvalue weighted by molar-refractivity contribution is -0.0440. The molecule has 1 aromatic carbocycles. The zero-order valence-electron chi connectivity index (χ0n) is 16.6. The molecule has 0 bridgehead atoms. The summed E-state index contributed by atoms with van der Waals surface area (Å²) in [5, 5.41) is 9.59. The predicted molar refractivity (Wildman–Crippen MR) is 110 cm³/mol. The van der Waals surface area contributed by atoms with Crippen LogP contribution in [0.25, 0.3) is 0 Å². The van der Waals surface area contributed by atoms with Gasteiger partial charge in [0, 0.05) is 38.7 Å². The summed E-state index contributed by atoms with van der Waals surface area (Å²) in [6.45, 7) is 4.71. The van der Waals surface area contributed by atoms with E-state index < -0.39 is 10.0 Å². The minimum atomic E-state index is -3.63.